The van der Waals surface area contributed by atoms with Crippen LogP contribution in [0.4, 0.5) is 0 Å². The van der Waals surface area contributed by atoms with Crippen molar-refractivity contribution in [1.29, 1.82) is 0 Å². The molecule has 0 saturated carbocycles. The fourth-order valence-electron chi connectivity index (χ4n) is 8.15. The van der Waals surface area contributed by atoms with Gasteiger partial charge >= 0.3 is 5.97 Å². The highest BCUT2D eigenvalue weighted by atomic mass is 16.8. The van der Waals surface area contributed by atoms with Crippen molar-refractivity contribution in [3.63, 3.8) is 0 Å². The molecule has 0 bridgehead atoms. The van der Waals surface area contributed by atoms with Gasteiger partial charge in [0.15, 0.2) is 25.2 Å². The van der Waals surface area contributed by atoms with Crippen molar-refractivity contribution in [3.05, 3.63) is 0 Å². The number of rotatable bonds is 17. The molecule has 5 fully saturated rings. The molecule has 0 aromatic rings. The van der Waals surface area contributed by atoms with Crippen LogP contribution >= 0.6 is 0 Å². The maximum atomic E-state index is 13.2. The zero-order chi connectivity index (χ0) is 48.4. The number of carboxylic acid groups (broad SMARTS) is 1. The van der Waals surface area contributed by atoms with Crippen LogP contribution in [0.5, 0.6) is 0 Å². The van der Waals surface area contributed by atoms with Crippen molar-refractivity contribution >= 4 is 11.9 Å². The van der Waals surface area contributed by atoms with Crippen molar-refractivity contribution < 1.29 is 139 Å². The lowest BCUT2D eigenvalue weighted by molar-refractivity contribution is -0.402. The summed E-state index contributed by atoms with van der Waals surface area (Å²) >= 11 is 0. The highest BCUT2D eigenvalue weighted by Gasteiger charge is 2.61. The van der Waals surface area contributed by atoms with E-state index < -0.39 is 210 Å². The van der Waals surface area contributed by atoms with E-state index in [1.54, 1.807) is 0 Å². The molecule has 5 aliphatic heterocycles. The number of nitrogens with one attached hydrogen (secondary N) is 1. The maximum Gasteiger partial charge on any atom is 0.364 e. The number of aliphatic hydroxyl groups is 16. The smallest absolute Gasteiger partial charge is 0.364 e. The van der Waals surface area contributed by atoms with Crippen molar-refractivity contribution in [2.24, 2.45) is 5.73 Å². The summed E-state index contributed by atoms with van der Waals surface area (Å²) in [5.41, 5.74) is 6.00. The molecule has 26 atom stereocenters. The molecule has 30 heteroatoms. The van der Waals surface area contributed by atoms with Crippen LogP contribution in [-0.4, -0.2) is 291 Å². The predicted octanol–water partition coefficient (Wildman–Crippen LogP) is -12.6. The van der Waals surface area contributed by atoms with E-state index >= 15 is 0 Å². The van der Waals surface area contributed by atoms with Gasteiger partial charge in [0.1, 0.15) is 116 Å². The number of carboxylic acids is 1. The molecule has 30 nitrogen and oxygen atoms in total. The van der Waals surface area contributed by atoms with E-state index in [-0.39, 0.29) is 0 Å². The monoisotopic (exact) mass is 956 g/mol. The lowest BCUT2D eigenvalue weighted by atomic mass is 9.88. The van der Waals surface area contributed by atoms with E-state index in [0.717, 1.165) is 6.92 Å². The molecule has 0 aromatic carbocycles. The first kappa shape index (κ1) is 53.8. The van der Waals surface area contributed by atoms with Gasteiger partial charge in [-0.3, -0.25) is 4.79 Å². The number of ether oxygens (including phenoxy) is 9. The number of aliphatic hydroxyl groups excluding tert-OH is 16. The van der Waals surface area contributed by atoms with E-state index in [4.69, 9.17) is 48.4 Å². The minimum absolute atomic E-state index is 0.899. The summed E-state index contributed by atoms with van der Waals surface area (Å²) in [6.07, 6.45) is -47.5. The van der Waals surface area contributed by atoms with Gasteiger partial charge in [-0.15, -0.1) is 0 Å². The molecule has 5 aliphatic rings. The molecule has 1 amide bonds. The third-order valence-electron chi connectivity index (χ3n) is 11.8. The van der Waals surface area contributed by atoms with Crippen LogP contribution in [0.3, 0.4) is 0 Å². The van der Waals surface area contributed by atoms with Gasteiger partial charge in [0.05, 0.1) is 45.2 Å². The summed E-state index contributed by atoms with van der Waals surface area (Å²) in [6, 6.07) is -3.51. The van der Waals surface area contributed by atoms with E-state index in [1.807, 2.05) is 0 Å². The minimum atomic E-state index is -3.24. The highest BCUT2D eigenvalue weighted by molar-refractivity contribution is 5.76. The Morgan fingerprint density at radius 1 is 0.646 bits per heavy atom. The Hall–Kier alpha value is -2.10. The third-order valence-corrected chi connectivity index (χ3v) is 11.8. The van der Waals surface area contributed by atoms with Crippen LogP contribution < -0.4 is 11.1 Å². The van der Waals surface area contributed by atoms with Crippen LogP contribution in [0.25, 0.3) is 0 Å². The number of nitrogens with two attached hydrogens (primary N) is 1. The Morgan fingerprint density at radius 2 is 1.17 bits per heavy atom. The van der Waals surface area contributed by atoms with Crippen molar-refractivity contribution in [2.75, 3.05) is 33.0 Å². The Kier molecular flexibility index (Phi) is 18.7. The second-order valence-corrected chi connectivity index (χ2v) is 16.2. The quantitative estimate of drug-likeness (QED) is 0.0643. The Morgan fingerprint density at radius 3 is 1.74 bits per heavy atom. The first-order valence-corrected chi connectivity index (χ1v) is 20.3. The molecule has 0 aliphatic carbocycles. The van der Waals surface area contributed by atoms with Gasteiger partial charge in [0.2, 0.25) is 5.91 Å². The number of carbonyl (C=O) groups excluding carboxylic acids is 1. The molecular weight excluding hydrogens is 896 g/mol. The lowest BCUT2D eigenvalue weighted by Gasteiger charge is -2.52. The molecule has 65 heavy (non-hydrogen) atoms. The highest BCUT2D eigenvalue weighted by Crippen LogP contribution is 2.40. The fraction of sp³-hybridized carbons (Fsp3) is 0.943. The predicted molar refractivity (Wildman–Crippen MR) is 197 cm³/mol. The summed E-state index contributed by atoms with van der Waals surface area (Å²) in [6.45, 7) is -4.30. The van der Waals surface area contributed by atoms with Crippen LogP contribution in [0.2, 0.25) is 0 Å². The normalized spacial score (nSPS) is 48.3. The van der Waals surface area contributed by atoms with Crippen molar-refractivity contribution in [1.82, 2.24) is 5.32 Å². The molecule has 0 unspecified atom stereocenters. The van der Waals surface area contributed by atoms with Crippen molar-refractivity contribution in [2.45, 2.75) is 172 Å². The largest absolute Gasteiger partial charge is 0.477 e. The molecule has 0 radical (unpaired) electrons. The number of hydrogen-bond acceptors (Lipinski definition) is 28. The van der Waals surface area contributed by atoms with E-state index in [1.165, 1.54) is 0 Å². The lowest BCUT2D eigenvalue weighted by Crippen LogP contribution is -2.72. The van der Waals surface area contributed by atoms with Gasteiger partial charge in [-0.2, -0.15) is 0 Å². The average molecular weight is 957 g/mol. The molecule has 5 heterocycles. The van der Waals surface area contributed by atoms with E-state index in [0.29, 0.717) is 0 Å². The summed E-state index contributed by atoms with van der Waals surface area (Å²) in [5, 5.41) is 181. The summed E-state index contributed by atoms with van der Waals surface area (Å²) < 4.78 is 51.4. The number of aliphatic carboxylic acids is 1. The Balaban J connectivity index is 1.58. The van der Waals surface area contributed by atoms with E-state index in [2.05, 4.69) is 5.32 Å². The van der Waals surface area contributed by atoms with Crippen LogP contribution in [0, 0.1) is 0 Å². The van der Waals surface area contributed by atoms with Gasteiger partial charge < -0.3 is 140 Å². The summed E-state index contributed by atoms with van der Waals surface area (Å²) in [7, 11) is 0. The number of carbonyl (C=O) groups is 2. The summed E-state index contributed by atoms with van der Waals surface area (Å²) in [4.78, 5) is 25.9. The fourth-order valence-corrected chi connectivity index (χ4v) is 8.15. The van der Waals surface area contributed by atoms with E-state index in [9.17, 15) is 96.4 Å². The van der Waals surface area contributed by atoms with Crippen molar-refractivity contribution in [3.8, 4) is 0 Å². The molecule has 5 rings (SSSR count). The van der Waals surface area contributed by atoms with Gasteiger partial charge in [0.25, 0.3) is 5.79 Å². The topological polar surface area (TPSA) is 499 Å². The molecular formula is C35H60N2O28. The first-order valence-electron chi connectivity index (χ1n) is 20.3. The van der Waals surface area contributed by atoms with Crippen LogP contribution in [0.15, 0.2) is 0 Å². The van der Waals surface area contributed by atoms with Crippen LogP contribution in [-0.2, 0) is 52.2 Å². The first-order chi connectivity index (χ1) is 30.6. The van der Waals surface area contributed by atoms with Gasteiger partial charge in [-0.25, -0.2) is 4.79 Å². The molecule has 378 valence electrons. The van der Waals surface area contributed by atoms with Crippen LogP contribution in [0.1, 0.15) is 13.3 Å². The average Bonchev–Trinajstić information content (AvgIpc) is 3.27. The SMILES string of the molecule is CC(=O)N[C@H]1[C@H](O[C@@H]2[C@H](O[C@]3(C(=O)O)C[C@H](O)[C@@H](N)[C@H]([C@H](O)[C@H](O)CO)O3)[C@@H](O)[C@H](O[C@H]3[C@H](O)[C@@H](O)[C@H](O)O[C@@H]3CO)O[C@@H]2CO)O[C@H](CO)[C@H](O)[C@@H]1O[C@@H]1O[C@H](CO)[C@H](O)[C@H](O)[C@H]1O. The zero-order valence-corrected chi connectivity index (χ0v) is 34.3. The Labute approximate surface area is 367 Å². The minimum Gasteiger partial charge on any atom is -0.477 e. The number of amides is 1. The standard InChI is InChI=1S/C35H60N2O28/c1-8(43)37-16-28(63-32-23(52)20(49)18(47)11(4-39)59-32)19(48)12(5-40)58-31(16)62-26-14(7-42)60-33(61-25-13(6-41)57-30(54)22(51)21(25)50)24(53)29(26)65-35(34(55)56)2-9(44)15(36)27(64-35)17(46)10(45)3-38/h9-33,38-42,44-54H,2-7,36H2,1H3,(H,37,43)(H,55,56)/t9-,10+,11+,12+,13+,14+,15+,16+,17+,18-,19-,20-,21+,22+,23+,24+,25+,26-,27+,28+,29+,30+,31-,32-,33-,35-/m0/s1. The molecule has 0 aromatic heterocycles. The second-order valence-electron chi connectivity index (χ2n) is 16.2. The Bertz CT molecular complexity index is 1540. The molecule has 5 saturated heterocycles. The van der Waals surface area contributed by atoms with Gasteiger partial charge in [-0.05, 0) is 0 Å². The van der Waals surface area contributed by atoms with Gasteiger partial charge in [-0.1, -0.05) is 0 Å². The zero-order valence-electron chi connectivity index (χ0n) is 34.3. The summed E-state index contributed by atoms with van der Waals surface area (Å²) in [5.74, 6) is -6.23. The van der Waals surface area contributed by atoms with Gasteiger partial charge in [0, 0.05) is 13.3 Å². The number of hydrogen-bond donors (Lipinski definition) is 19. The maximum absolute atomic E-state index is 13.2. The second kappa shape index (κ2) is 22.5. The molecule has 0 spiro atoms. The molecule has 20 N–H and O–H groups in total. The third kappa shape index (κ3) is 11.2.